The lowest BCUT2D eigenvalue weighted by Crippen LogP contribution is -2.40. The fourth-order valence-corrected chi connectivity index (χ4v) is 2.34. The van der Waals surface area contributed by atoms with E-state index < -0.39 is 0 Å². The molecule has 0 radical (unpaired) electrons. The Balaban J connectivity index is 1.69. The van der Waals surface area contributed by atoms with Crippen molar-refractivity contribution in [2.45, 2.75) is 19.0 Å². The fourth-order valence-electron chi connectivity index (χ4n) is 2.34. The van der Waals surface area contributed by atoms with Gasteiger partial charge >= 0.3 is 6.03 Å². The molecular formula is C15H25N7O. The Kier molecular flexibility index (Phi) is 6.16. The molecule has 1 unspecified atom stereocenters. The highest BCUT2D eigenvalue weighted by molar-refractivity contribution is 5.73. The summed E-state index contributed by atoms with van der Waals surface area (Å²) in [6, 6.07) is 1.83. The Bertz CT molecular complexity index is 591. The first-order valence-electron chi connectivity index (χ1n) is 7.70. The lowest BCUT2D eigenvalue weighted by Gasteiger charge is -2.23. The second kappa shape index (κ2) is 8.33. The van der Waals surface area contributed by atoms with Crippen LogP contribution in [0.15, 0.2) is 30.9 Å². The van der Waals surface area contributed by atoms with Crippen LogP contribution in [0.4, 0.5) is 4.79 Å². The maximum atomic E-state index is 11.9. The van der Waals surface area contributed by atoms with Gasteiger partial charge < -0.3 is 15.5 Å². The molecule has 126 valence electrons. The number of hydrogen-bond donors (Lipinski definition) is 2. The van der Waals surface area contributed by atoms with E-state index in [1.807, 2.05) is 50.5 Å². The van der Waals surface area contributed by atoms with Gasteiger partial charge in [-0.1, -0.05) is 0 Å². The molecule has 0 aliphatic heterocycles. The largest absolute Gasteiger partial charge is 0.338 e. The van der Waals surface area contributed by atoms with Crippen LogP contribution < -0.4 is 10.6 Å². The monoisotopic (exact) mass is 319 g/mol. The van der Waals surface area contributed by atoms with E-state index in [2.05, 4.69) is 25.7 Å². The molecule has 23 heavy (non-hydrogen) atoms. The standard InChI is InChI=1S/C15H25N7O/c1-20(2)14(13-10-19-21(3)12-13)11-17-15(23)16-6-4-8-22-9-5-7-18-22/h5,7,9-10,12,14H,4,6,8,11H2,1-3H3,(H2,16,17,23). The predicted molar refractivity (Wildman–Crippen MR) is 87.9 cm³/mol. The van der Waals surface area contributed by atoms with Crippen LogP contribution in [0.5, 0.6) is 0 Å². The average Bonchev–Trinajstić information content (AvgIpc) is 3.15. The molecule has 2 amide bonds. The van der Waals surface area contributed by atoms with Gasteiger partial charge in [0.05, 0.1) is 12.2 Å². The molecule has 2 N–H and O–H groups in total. The number of nitrogens with one attached hydrogen (secondary N) is 2. The van der Waals surface area contributed by atoms with E-state index in [-0.39, 0.29) is 12.1 Å². The van der Waals surface area contributed by atoms with Gasteiger partial charge in [0, 0.05) is 50.8 Å². The van der Waals surface area contributed by atoms with Gasteiger partial charge in [-0.2, -0.15) is 10.2 Å². The van der Waals surface area contributed by atoms with Gasteiger partial charge in [-0.15, -0.1) is 0 Å². The Morgan fingerprint density at radius 2 is 2.17 bits per heavy atom. The third-order valence-corrected chi connectivity index (χ3v) is 3.60. The number of rotatable bonds is 8. The van der Waals surface area contributed by atoms with E-state index in [0.717, 1.165) is 18.5 Å². The van der Waals surface area contributed by atoms with Crippen molar-refractivity contribution in [2.24, 2.45) is 7.05 Å². The minimum Gasteiger partial charge on any atom is -0.338 e. The molecule has 2 aromatic heterocycles. The number of urea groups is 1. The molecule has 0 saturated carbocycles. The van der Waals surface area contributed by atoms with Crippen LogP contribution in [0.2, 0.25) is 0 Å². The summed E-state index contributed by atoms with van der Waals surface area (Å²) in [4.78, 5) is 13.9. The van der Waals surface area contributed by atoms with Gasteiger partial charge in [0.2, 0.25) is 0 Å². The van der Waals surface area contributed by atoms with Gasteiger partial charge in [-0.3, -0.25) is 9.36 Å². The number of carbonyl (C=O) groups is 1. The van der Waals surface area contributed by atoms with Crippen LogP contribution in [0, 0.1) is 0 Å². The maximum absolute atomic E-state index is 11.9. The summed E-state index contributed by atoms with van der Waals surface area (Å²) in [6.45, 7) is 1.94. The molecule has 8 heteroatoms. The summed E-state index contributed by atoms with van der Waals surface area (Å²) in [5.41, 5.74) is 1.08. The molecule has 0 aromatic carbocycles. The number of aryl methyl sites for hydroxylation is 2. The van der Waals surface area contributed by atoms with Crippen LogP contribution in [-0.2, 0) is 13.6 Å². The van der Waals surface area contributed by atoms with E-state index >= 15 is 0 Å². The van der Waals surface area contributed by atoms with E-state index in [9.17, 15) is 4.79 Å². The molecule has 0 aliphatic rings. The van der Waals surface area contributed by atoms with Crippen molar-refractivity contribution in [3.05, 3.63) is 36.4 Å². The van der Waals surface area contributed by atoms with Crippen molar-refractivity contribution >= 4 is 6.03 Å². The van der Waals surface area contributed by atoms with E-state index in [4.69, 9.17) is 0 Å². The van der Waals surface area contributed by atoms with Gasteiger partial charge in [0.25, 0.3) is 0 Å². The minimum atomic E-state index is -0.152. The minimum absolute atomic E-state index is 0.0959. The van der Waals surface area contributed by atoms with Gasteiger partial charge in [-0.05, 0) is 26.6 Å². The quantitative estimate of drug-likeness (QED) is 0.699. The topological polar surface area (TPSA) is 80.0 Å². The number of likely N-dealkylation sites (N-methyl/N-ethyl adjacent to an activating group) is 1. The first kappa shape index (κ1) is 17.0. The van der Waals surface area contributed by atoms with Crippen molar-refractivity contribution in [1.82, 2.24) is 35.1 Å². The normalized spacial score (nSPS) is 12.3. The molecule has 8 nitrogen and oxygen atoms in total. The van der Waals surface area contributed by atoms with Gasteiger partial charge in [-0.25, -0.2) is 4.79 Å². The number of hydrogen-bond acceptors (Lipinski definition) is 4. The predicted octanol–water partition coefficient (Wildman–Crippen LogP) is 0.609. The van der Waals surface area contributed by atoms with Gasteiger partial charge in [0.1, 0.15) is 0 Å². The number of amides is 2. The second-order valence-corrected chi connectivity index (χ2v) is 5.69. The fraction of sp³-hybridized carbons (Fsp3) is 0.533. The molecule has 0 bridgehead atoms. The van der Waals surface area contributed by atoms with Crippen LogP contribution >= 0.6 is 0 Å². The zero-order valence-electron chi connectivity index (χ0n) is 13.9. The number of carbonyl (C=O) groups excluding carboxylic acids is 1. The molecule has 1 atom stereocenters. The summed E-state index contributed by atoms with van der Waals surface area (Å²) < 4.78 is 3.62. The second-order valence-electron chi connectivity index (χ2n) is 5.69. The Morgan fingerprint density at radius 3 is 2.78 bits per heavy atom. The maximum Gasteiger partial charge on any atom is 0.314 e. The Morgan fingerprint density at radius 1 is 1.35 bits per heavy atom. The summed E-state index contributed by atoms with van der Waals surface area (Å²) >= 11 is 0. The summed E-state index contributed by atoms with van der Waals surface area (Å²) in [6.07, 6.45) is 8.30. The molecule has 0 aliphatic carbocycles. The smallest absolute Gasteiger partial charge is 0.314 e. The van der Waals surface area contributed by atoms with E-state index in [0.29, 0.717) is 13.1 Å². The van der Waals surface area contributed by atoms with Crippen LogP contribution in [0.3, 0.4) is 0 Å². The van der Waals surface area contributed by atoms with Crippen molar-refractivity contribution in [3.8, 4) is 0 Å². The van der Waals surface area contributed by atoms with E-state index in [1.165, 1.54) is 0 Å². The third-order valence-electron chi connectivity index (χ3n) is 3.60. The number of nitrogens with zero attached hydrogens (tertiary/aromatic N) is 5. The zero-order valence-corrected chi connectivity index (χ0v) is 13.9. The van der Waals surface area contributed by atoms with Crippen LogP contribution in [-0.4, -0.2) is 57.7 Å². The Hall–Kier alpha value is -2.35. The molecule has 0 saturated heterocycles. The zero-order chi connectivity index (χ0) is 16.7. The Labute approximate surface area is 136 Å². The van der Waals surface area contributed by atoms with Crippen molar-refractivity contribution < 1.29 is 4.79 Å². The lowest BCUT2D eigenvalue weighted by atomic mass is 10.1. The van der Waals surface area contributed by atoms with E-state index in [1.54, 1.807) is 10.9 Å². The highest BCUT2D eigenvalue weighted by Gasteiger charge is 2.16. The van der Waals surface area contributed by atoms with Crippen LogP contribution in [0.25, 0.3) is 0 Å². The number of aromatic nitrogens is 4. The first-order chi connectivity index (χ1) is 11.1. The van der Waals surface area contributed by atoms with Crippen molar-refractivity contribution in [1.29, 1.82) is 0 Å². The molecule has 0 fully saturated rings. The lowest BCUT2D eigenvalue weighted by molar-refractivity contribution is 0.232. The SMILES string of the molecule is CN(C)C(CNC(=O)NCCCn1cccn1)c1cnn(C)c1. The van der Waals surface area contributed by atoms with Crippen molar-refractivity contribution in [3.63, 3.8) is 0 Å². The third kappa shape index (κ3) is 5.41. The summed E-state index contributed by atoms with van der Waals surface area (Å²) in [7, 11) is 5.86. The molecule has 2 aromatic rings. The molecule has 2 rings (SSSR count). The average molecular weight is 319 g/mol. The molecule has 0 spiro atoms. The summed E-state index contributed by atoms with van der Waals surface area (Å²) in [5, 5.41) is 14.1. The highest BCUT2D eigenvalue weighted by atomic mass is 16.2. The first-order valence-corrected chi connectivity index (χ1v) is 7.70. The molecule has 2 heterocycles. The van der Waals surface area contributed by atoms with Gasteiger partial charge in [0.15, 0.2) is 0 Å². The summed E-state index contributed by atoms with van der Waals surface area (Å²) in [5.74, 6) is 0. The highest BCUT2D eigenvalue weighted by Crippen LogP contribution is 2.15. The van der Waals surface area contributed by atoms with Crippen molar-refractivity contribution in [2.75, 3.05) is 27.2 Å². The van der Waals surface area contributed by atoms with Crippen LogP contribution in [0.1, 0.15) is 18.0 Å². The molecular weight excluding hydrogens is 294 g/mol.